The zero-order valence-electron chi connectivity index (χ0n) is 9.94. The average Bonchev–Trinajstić information content (AvgIpc) is 2.53. The first-order valence-electron chi connectivity index (χ1n) is 5.58. The molecule has 1 heterocycles. The first-order valence-corrected chi connectivity index (χ1v) is 8.20. The second-order valence-corrected chi connectivity index (χ2v) is 7.96. The van der Waals surface area contributed by atoms with Crippen molar-refractivity contribution >= 4 is 31.7 Å². The van der Waals surface area contributed by atoms with Crippen molar-refractivity contribution in [1.29, 1.82) is 0 Å². The highest BCUT2D eigenvalue weighted by Gasteiger charge is 2.39. The molecule has 1 amide bonds. The standard InChI is InChI=1S/C12H14BrNO3S/c1-12(6-7-18(16,17)8-12)14-11(15)9-2-4-10(13)5-3-9/h2-5H,6-8H2,1H3,(H,14,15). The summed E-state index contributed by atoms with van der Waals surface area (Å²) >= 11 is 3.30. The fourth-order valence-electron chi connectivity index (χ4n) is 2.06. The van der Waals surface area contributed by atoms with Gasteiger partial charge in [-0.1, -0.05) is 15.9 Å². The fraction of sp³-hybridized carbons (Fsp3) is 0.417. The summed E-state index contributed by atoms with van der Waals surface area (Å²) in [5.74, 6) is -0.0751. The molecule has 1 N–H and O–H groups in total. The Balaban J connectivity index is 2.10. The fourth-order valence-corrected chi connectivity index (χ4v) is 4.41. The quantitative estimate of drug-likeness (QED) is 0.898. The minimum absolute atomic E-state index is 0.0161. The molecule has 0 aromatic heterocycles. The van der Waals surface area contributed by atoms with E-state index in [2.05, 4.69) is 21.2 Å². The van der Waals surface area contributed by atoms with Crippen molar-refractivity contribution in [2.75, 3.05) is 11.5 Å². The Labute approximate surface area is 115 Å². The third-order valence-electron chi connectivity index (χ3n) is 3.03. The van der Waals surface area contributed by atoms with Crippen molar-refractivity contribution in [2.24, 2.45) is 0 Å². The molecule has 0 bridgehead atoms. The van der Waals surface area contributed by atoms with Gasteiger partial charge in [-0.15, -0.1) is 0 Å². The van der Waals surface area contributed by atoms with E-state index in [1.165, 1.54) is 0 Å². The molecule has 1 aliphatic rings. The van der Waals surface area contributed by atoms with E-state index in [4.69, 9.17) is 0 Å². The van der Waals surface area contributed by atoms with Gasteiger partial charge in [0.1, 0.15) is 0 Å². The van der Waals surface area contributed by atoms with E-state index in [1.807, 2.05) is 0 Å². The monoisotopic (exact) mass is 331 g/mol. The van der Waals surface area contributed by atoms with E-state index in [0.717, 1.165) is 4.47 Å². The molecule has 1 fully saturated rings. The summed E-state index contributed by atoms with van der Waals surface area (Å²) < 4.78 is 23.8. The molecular weight excluding hydrogens is 318 g/mol. The van der Waals surface area contributed by atoms with Crippen molar-refractivity contribution in [3.63, 3.8) is 0 Å². The number of nitrogens with one attached hydrogen (secondary N) is 1. The van der Waals surface area contributed by atoms with Crippen LogP contribution in [0.15, 0.2) is 28.7 Å². The number of amides is 1. The minimum Gasteiger partial charge on any atom is -0.346 e. The van der Waals surface area contributed by atoms with Crippen LogP contribution in [-0.2, 0) is 9.84 Å². The van der Waals surface area contributed by atoms with E-state index in [0.29, 0.717) is 12.0 Å². The number of rotatable bonds is 2. The lowest BCUT2D eigenvalue weighted by atomic mass is 10.0. The van der Waals surface area contributed by atoms with E-state index in [9.17, 15) is 13.2 Å². The Hall–Kier alpha value is -0.880. The van der Waals surface area contributed by atoms with Crippen LogP contribution in [0.25, 0.3) is 0 Å². The molecule has 0 saturated carbocycles. The van der Waals surface area contributed by atoms with Crippen LogP contribution in [0.5, 0.6) is 0 Å². The molecule has 1 atom stereocenters. The van der Waals surface area contributed by atoms with Crippen molar-refractivity contribution in [2.45, 2.75) is 18.9 Å². The molecule has 1 aromatic rings. The van der Waals surface area contributed by atoms with E-state index < -0.39 is 15.4 Å². The second-order valence-electron chi connectivity index (χ2n) is 4.86. The van der Waals surface area contributed by atoms with Gasteiger partial charge in [0, 0.05) is 10.0 Å². The van der Waals surface area contributed by atoms with Crippen LogP contribution in [0.2, 0.25) is 0 Å². The number of carbonyl (C=O) groups excluding carboxylic acids is 1. The molecule has 6 heteroatoms. The lowest BCUT2D eigenvalue weighted by Crippen LogP contribution is -2.46. The van der Waals surface area contributed by atoms with Gasteiger partial charge in [0.15, 0.2) is 9.84 Å². The molecule has 2 rings (SSSR count). The minimum atomic E-state index is -3.01. The van der Waals surface area contributed by atoms with Gasteiger partial charge in [-0.2, -0.15) is 0 Å². The highest BCUT2D eigenvalue weighted by atomic mass is 79.9. The molecule has 1 saturated heterocycles. The third kappa shape index (κ3) is 3.11. The molecule has 4 nitrogen and oxygen atoms in total. The van der Waals surface area contributed by atoms with Gasteiger partial charge < -0.3 is 5.32 Å². The SMILES string of the molecule is CC1(NC(=O)c2ccc(Br)cc2)CCS(=O)(=O)C1. The zero-order chi connectivity index (χ0) is 13.4. The Morgan fingerprint density at radius 2 is 1.94 bits per heavy atom. The molecule has 0 radical (unpaired) electrons. The first kappa shape index (κ1) is 13.5. The van der Waals surface area contributed by atoms with Crippen LogP contribution in [0.4, 0.5) is 0 Å². The maximum absolute atomic E-state index is 12.0. The van der Waals surface area contributed by atoms with Crippen LogP contribution >= 0.6 is 15.9 Å². The number of carbonyl (C=O) groups is 1. The molecule has 0 spiro atoms. The summed E-state index contributed by atoms with van der Waals surface area (Å²) in [4.78, 5) is 12.0. The summed E-state index contributed by atoms with van der Waals surface area (Å²) in [5, 5.41) is 2.81. The van der Waals surface area contributed by atoms with Gasteiger partial charge in [0.25, 0.3) is 5.91 Å². The third-order valence-corrected chi connectivity index (χ3v) is 5.46. The summed E-state index contributed by atoms with van der Waals surface area (Å²) in [6.07, 6.45) is 0.470. The average molecular weight is 332 g/mol. The Morgan fingerprint density at radius 3 is 2.44 bits per heavy atom. The van der Waals surface area contributed by atoms with Crippen LogP contribution in [-0.4, -0.2) is 31.4 Å². The highest BCUT2D eigenvalue weighted by Crippen LogP contribution is 2.23. The van der Waals surface area contributed by atoms with Crippen LogP contribution < -0.4 is 5.32 Å². The number of sulfone groups is 1. The first-order chi connectivity index (χ1) is 8.30. The summed E-state index contributed by atoms with van der Waals surface area (Å²) in [5.41, 5.74) is -0.119. The van der Waals surface area contributed by atoms with E-state index >= 15 is 0 Å². The number of hydrogen-bond donors (Lipinski definition) is 1. The lowest BCUT2D eigenvalue weighted by molar-refractivity contribution is 0.0915. The Kier molecular flexibility index (Phi) is 3.51. The highest BCUT2D eigenvalue weighted by molar-refractivity contribution is 9.10. The zero-order valence-corrected chi connectivity index (χ0v) is 12.3. The molecule has 1 aliphatic heterocycles. The van der Waals surface area contributed by atoms with Gasteiger partial charge in [-0.05, 0) is 37.6 Å². The van der Waals surface area contributed by atoms with E-state index in [1.54, 1.807) is 31.2 Å². The van der Waals surface area contributed by atoms with Crippen molar-refractivity contribution in [1.82, 2.24) is 5.32 Å². The largest absolute Gasteiger partial charge is 0.346 e. The lowest BCUT2D eigenvalue weighted by Gasteiger charge is -2.23. The number of benzene rings is 1. The summed E-state index contributed by atoms with van der Waals surface area (Å²) in [6, 6.07) is 6.96. The predicted molar refractivity (Wildman–Crippen MR) is 73.3 cm³/mol. The van der Waals surface area contributed by atoms with E-state index in [-0.39, 0.29) is 17.4 Å². The molecular formula is C12H14BrNO3S. The molecule has 98 valence electrons. The molecule has 1 unspecified atom stereocenters. The molecule has 18 heavy (non-hydrogen) atoms. The Morgan fingerprint density at radius 1 is 1.33 bits per heavy atom. The van der Waals surface area contributed by atoms with Crippen molar-refractivity contribution in [3.8, 4) is 0 Å². The summed E-state index contributed by atoms with van der Waals surface area (Å²) in [6.45, 7) is 1.77. The number of hydrogen-bond acceptors (Lipinski definition) is 3. The topological polar surface area (TPSA) is 63.2 Å². The maximum Gasteiger partial charge on any atom is 0.251 e. The predicted octanol–water partition coefficient (Wildman–Crippen LogP) is 1.76. The van der Waals surface area contributed by atoms with Gasteiger partial charge in [-0.25, -0.2) is 8.42 Å². The number of halogens is 1. The maximum atomic E-state index is 12.0. The van der Waals surface area contributed by atoms with Crippen LogP contribution in [0, 0.1) is 0 Å². The molecule has 1 aromatic carbocycles. The smallest absolute Gasteiger partial charge is 0.251 e. The molecule has 0 aliphatic carbocycles. The normalized spacial score (nSPS) is 25.9. The Bertz CT molecular complexity index is 567. The van der Waals surface area contributed by atoms with Crippen molar-refractivity contribution in [3.05, 3.63) is 34.3 Å². The van der Waals surface area contributed by atoms with Gasteiger partial charge in [0.2, 0.25) is 0 Å². The van der Waals surface area contributed by atoms with Crippen LogP contribution in [0.1, 0.15) is 23.7 Å². The van der Waals surface area contributed by atoms with Crippen molar-refractivity contribution < 1.29 is 13.2 Å². The van der Waals surface area contributed by atoms with Crippen LogP contribution in [0.3, 0.4) is 0 Å². The van der Waals surface area contributed by atoms with Gasteiger partial charge in [0.05, 0.1) is 17.0 Å². The summed E-state index contributed by atoms with van der Waals surface area (Å²) in [7, 11) is -3.01. The van der Waals surface area contributed by atoms with Gasteiger partial charge >= 0.3 is 0 Å². The second kappa shape index (κ2) is 4.66. The van der Waals surface area contributed by atoms with Gasteiger partial charge in [-0.3, -0.25) is 4.79 Å².